The molecule has 7 heteroatoms. The summed E-state index contributed by atoms with van der Waals surface area (Å²) >= 11 is 1.70. The van der Waals surface area contributed by atoms with Crippen LogP contribution in [0.2, 0.25) is 0 Å². The third-order valence-electron chi connectivity index (χ3n) is 6.53. The van der Waals surface area contributed by atoms with Gasteiger partial charge in [-0.25, -0.2) is 0 Å². The average molecular weight is 430 g/mol. The summed E-state index contributed by atoms with van der Waals surface area (Å²) in [5.41, 5.74) is 4.84. The quantitative estimate of drug-likeness (QED) is 0.653. The molecule has 0 bridgehead atoms. The number of fused-ring (bicyclic) bond motifs is 1. The monoisotopic (exact) mass is 429 g/mol. The van der Waals surface area contributed by atoms with Crippen LogP contribution in [-0.2, 0) is 33.8 Å². The fourth-order valence-electron chi connectivity index (χ4n) is 4.81. The van der Waals surface area contributed by atoms with E-state index < -0.39 is 0 Å². The third kappa shape index (κ3) is 4.61. The smallest absolute Gasteiger partial charge is 0.308 e. The van der Waals surface area contributed by atoms with Crippen molar-refractivity contribution in [3.8, 4) is 0 Å². The standard InChI is InChI=1S/C23H31N3O3S/c1-3-29-23(28)19-6-4-17(5-7-19)12-22(27)25-10-8-20-16(2)24-26(21(20)14-25)13-18-9-11-30-15-18/h9,11,15,17,19H,3-8,10,12-14H2,1-2H3/t17-,19-. The van der Waals surface area contributed by atoms with Gasteiger partial charge in [-0.1, -0.05) is 0 Å². The van der Waals surface area contributed by atoms with E-state index in [9.17, 15) is 9.59 Å². The van der Waals surface area contributed by atoms with E-state index in [2.05, 4.69) is 28.4 Å². The van der Waals surface area contributed by atoms with Gasteiger partial charge in [0.05, 0.1) is 37.0 Å². The Morgan fingerprint density at radius 1 is 1.27 bits per heavy atom. The van der Waals surface area contributed by atoms with Crippen LogP contribution in [0.15, 0.2) is 16.8 Å². The maximum Gasteiger partial charge on any atom is 0.308 e. The van der Waals surface area contributed by atoms with Gasteiger partial charge in [0.1, 0.15) is 0 Å². The first-order chi connectivity index (χ1) is 14.5. The highest BCUT2D eigenvalue weighted by atomic mass is 32.1. The molecule has 2 aliphatic rings. The summed E-state index contributed by atoms with van der Waals surface area (Å²) in [5, 5.41) is 9.00. The largest absolute Gasteiger partial charge is 0.466 e. The topological polar surface area (TPSA) is 64.4 Å². The number of ether oxygens (including phenoxy) is 1. The highest BCUT2D eigenvalue weighted by Crippen LogP contribution is 2.33. The second-order valence-corrected chi connectivity index (χ2v) is 9.32. The number of rotatable bonds is 6. The molecule has 0 spiro atoms. The van der Waals surface area contributed by atoms with E-state index >= 15 is 0 Å². The minimum Gasteiger partial charge on any atom is -0.466 e. The molecule has 2 aromatic rings. The molecule has 0 N–H and O–H groups in total. The number of esters is 1. The van der Waals surface area contributed by atoms with Crippen molar-refractivity contribution in [2.45, 2.75) is 65.5 Å². The predicted octanol–water partition coefficient (Wildman–Crippen LogP) is 3.95. The molecule has 3 heterocycles. The van der Waals surface area contributed by atoms with Gasteiger partial charge in [0.15, 0.2) is 0 Å². The van der Waals surface area contributed by atoms with Crippen LogP contribution in [0.25, 0.3) is 0 Å². The number of carbonyl (C=O) groups excluding carboxylic acids is 2. The van der Waals surface area contributed by atoms with Crippen LogP contribution in [0.1, 0.15) is 61.5 Å². The normalized spacial score (nSPS) is 21.3. The highest BCUT2D eigenvalue weighted by Gasteiger charge is 2.31. The molecule has 1 fully saturated rings. The van der Waals surface area contributed by atoms with Crippen molar-refractivity contribution in [3.05, 3.63) is 39.3 Å². The van der Waals surface area contributed by atoms with Crippen LogP contribution in [0.3, 0.4) is 0 Å². The van der Waals surface area contributed by atoms with Gasteiger partial charge in [-0.2, -0.15) is 16.4 Å². The van der Waals surface area contributed by atoms with Gasteiger partial charge in [-0.05, 0) is 79.8 Å². The van der Waals surface area contributed by atoms with Gasteiger partial charge in [-0.3, -0.25) is 14.3 Å². The molecule has 0 unspecified atom stereocenters. The van der Waals surface area contributed by atoms with Crippen molar-refractivity contribution >= 4 is 23.2 Å². The fourth-order valence-corrected chi connectivity index (χ4v) is 5.47. The zero-order valence-corrected chi connectivity index (χ0v) is 18.7. The first-order valence-electron chi connectivity index (χ1n) is 11.1. The minimum absolute atomic E-state index is 0.0169. The van der Waals surface area contributed by atoms with Crippen LogP contribution >= 0.6 is 11.3 Å². The zero-order chi connectivity index (χ0) is 21.1. The Morgan fingerprint density at radius 3 is 2.77 bits per heavy atom. The van der Waals surface area contributed by atoms with Gasteiger partial charge in [0.25, 0.3) is 0 Å². The summed E-state index contributed by atoms with van der Waals surface area (Å²) in [6.45, 7) is 6.55. The van der Waals surface area contributed by atoms with Crippen LogP contribution < -0.4 is 0 Å². The molecule has 0 aromatic carbocycles. The molecule has 1 amide bonds. The Labute approximate surface area is 182 Å². The van der Waals surface area contributed by atoms with E-state index in [1.165, 1.54) is 16.8 Å². The Kier molecular flexibility index (Phi) is 6.56. The highest BCUT2D eigenvalue weighted by molar-refractivity contribution is 7.07. The number of hydrogen-bond acceptors (Lipinski definition) is 5. The minimum atomic E-state index is -0.0694. The maximum absolute atomic E-state index is 13.0. The Hall–Kier alpha value is -2.15. The van der Waals surface area contributed by atoms with Crippen molar-refractivity contribution in [2.75, 3.05) is 13.2 Å². The van der Waals surface area contributed by atoms with Gasteiger partial charge in [0, 0.05) is 13.0 Å². The summed E-state index contributed by atoms with van der Waals surface area (Å²) in [5.74, 6) is 0.562. The Bertz CT molecular complexity index is 882. The molecule has 2 aromatic heterocycles. The molecule has 0 atom stereocenters. The van der Waals surface area contributed by atoms with Crippen molar-refractivity contribution in [3.63, 3.8) is 0 Å². The molecule has 6 nitrogen and oxygen atoms in total. The van der Waals surface area contributed by atoms with Crippen LogP contribution in [-0.4, -0.2) is 39.7 Å². The summed E-state index contributed by atoms with van der Waals surface area (Å²) in [6.07, 6.45) is 5.02. The SMILES string of the molecule is CCOC(=O)[C@H]1CC[C@H](CC(=O)N2CCc3c(C)nn(Cc4ccsc4)c3C2)CC1. The summed E-state index contributed by atoms with van der Waals surface area (Å²) in [4.78, 5) is 27.0. The molecule has 1 aliphatic carbocycles. The molecular formula is C23H31N3O3S. The summed E-state index contributed by atoms with van der Waals surface area (Å²) in [6, 6.07) is 2.13. The first-order valence-corrected chi connectivity index (χ1v) is 12.0. The third-order valence-corrected chi connectivity index (χ3v) is 7.27. The number of nitrogens with zero attached hydrogens (tertiary/aromatic N) is 3. The van der Waals surface area contributed by atoms with Gasteiger partial charge >= 0.3 is 5.97 Å². The average Bonchev–Trinajstić information content (AvgIpc) is 3.37. The van der Waals surface area contributed by atoms with E-state index in [1.807, 2.05) is 11.8 Å². The molecular weight excluding hydrogens is 398 g/mol. The Balaban J connectivity index is 1.34. The molecule has 4 rings (SSSR count). The lowest BCUT2D eigenvalue weighted by Crippen LogP contribution is -2.38. The number of hydrogen-bond donors (Lipinski definition) is 0. The summed E-state index contributed by atoms with van der Waals surface area (Å²) in [7, 11) is 0. The van der Waals surface area contributed by atoms with Crippen LogP contribution in [0, 0.1) is 18.8 Å². The Morgan fingerprint density at radius 2 is 2.07 bits per heavy atom. The van der Waals surface area contributed by atoms with Gasteiger partial charge in [-0.15, -0.1) is 0 Å². The predicted molar refractivity (Wildman–Crippen MR) is 116 cm³/mol. The molecule has 1 aliphatic heterocycles. The fraction of sp³-hybridized carbons (Fsp3) is 0.609. The first kappa shape index (κ1) is 21.1. The molecule has 0 radical (unpaired) electrons. The molecule has 30 heavy (non-hydrogen) atoms. The van der Waals surface area contributed by atoms with Crippen molar-refractivity contribution < 1.29 is 14.3 Å². The number of amides is 1. The second-order valence-electron chi connectivity index (χ2n) is 8.54. The van der Waals surface area contributed by atoms with Crippen LogP contribution in [0.4, 0.5) is 0 Å². The van der Waals surface area contributed by atoms with Crippen molar-refractivity contribution in [1.29, 1.82) is 0 Å². The number of aromatic nitrogens is 2. The van der Waals surface area contributed by atoms with E-state index in [0.29, 0.717) is 25.5 Å². The lowest BCUT2D eigenvalue weighted by atomic mass is 9.80. The van der Waals surface area contributed by atoms with Crippen LogP contribution in [0.5, 0.6) is 0 Å². The maximum atomic E-state index is 13.0. The lowest BCUT2D eigenvalue weighted by molar-refractivity contribution is -0.149. The van der Waals surface area contributed by atoms with Crippen molar-refractivity contribution in [1.82, 2.24) is 14.7 Å². The second kappa shape index (κ2) is 9.33. The number of thiophene rings is 1. The zero-order valence-electron chi connectivity index (χ0n) is 17.9. The molecule has 0 saturated heterocycles. The van der Waals surface area contributed by atoms with Crippen molar-refractivity contribution in [2.24, 2.45) is 11.8 Å². The van der Waals surface area contributed by atoms with E-state index in [0.717, 1.165) is 50.9 Å². The number of aryl methyl sites for hydroxylation is 1. The van der Waals surface area contributed by atoms with Gasteiger partial charge in [0.2, 0.25) is 5.91 Å². The van der Waals surface area contributed by atoms with E-state index in [1.54, 1.807) is 11.3 Å². The summed E-state index contributed by atoms with van der Waals surface area (Å²) < 4.78 is 7.24. The molecule has 162 valence electrons. The lowest BCUT2D eigenvalue weighted by Gasteiger charge is -2.31. The van der Waals surface area contributed by atoms with Gasteiger partial charge < -0.3 is 9.64 Å². The van der Waals surface area contributed by atoms with E-state index in [4.69, 9.17) is 9.84 Å². The molecule has 1 saturated carbocycles. The van der Waals surface area contributed by atoms with E-state index in [-0.39, 0.29) is 17.8 Å². The number of carbonyl (C=O) groups is 2.